The van der Waals surface area contributed by atoms with E-state index < -0.39 is 16.3 Å². The van der Waals surface area contributed by atoms with Gasteiger partial charge in [-0.3, -0.25) is 0 Å². The molecule has 6 nitrogen and oxygen atoms in total. The Morgan fingerprint density at radius 3 is 2.55 bits per heavy atom. The average molecular weight is 348 g/mol. The van der Waals surface area contributed by atoms with Gasteiger partial charge in [0.15, 0.2) is 0 Å². The minimum absolute atomic E-state index is 0.255. The van der Waals surface area contributed by atoms with Crippen molar-refractivity contribution in [3.63, 3.8) is 0 Å². The van der Waals surface area contributed by atoms with Crippen LogP contribution >= 0.6 is 11.6 Å². The second kappa shape index (κ2) is 7.25. The Morgan fingerprint density at radius 1 is 1.36 bits per heavy atom. The van der Waals surface area contributed by atoms with E-state index in [9.17, 15) is 8.42 Å². The molecule has 0 spiro atoms. The van der Waals surface area contributed by atoms with Crippen LogP contribution in [0.25, 0.3) is 0 Å². The summed E-state index contributed by atoms with van der Waals surface area (Å²) in [6.45, 7) is 2.07. The lowest BCUT2D eigenvalue weighted by Gasteiger charge is -2.36. The summed E-state index contributed by atoms with van der Waals surface area (Å²) < 4.78 is 34.1. The van der Waals surface area contributed by atoms with Crippen LogP contribution in [0.2, 0.25) is 5.02 Å². The van der Waals surface area contributed by atoms with E-state index in [0.717, 1.165) is 16.4 Å². The van der Waals surface area contributed by atoms with Gasteiger partial charge in [-0.1, -0.05) is 23.7 Å². The maximum absolute atomic E-state index is 12.2. The molecule has 8 heteroatoms. The maximum Gasteiger partial charge on any atom is 0.279 e. The van der Waals surface area contributed by atoms with Crippen LogP contribution in [-0.2, 0) is 14.9 Å². The third-order valence-corrected chi connectivity index (χ3v) is 5.42. The standard InChI is InChI=1S/C14H22ClN3O3S/c1-17(2)22(19,20)16-14(11-4-6-12(15)7-5-11)13-10-18(3)8-9-21-13/h4-7,13-14,16H,8-10H2,1-3H3/t13-,14-/m0/s1. The lowest BCUT2D eigenvalue weighted by molar-refractivity contribution is -0.0356. The van der Waals surface area contributed by atoms with Crippen molar-refractivity contribution in [1.82, 2.24) is 13.9 Å². The fourth-order valence-corrected chi connectivity index (χ4v) is 3.25. The van der Waals surface area contributed by atoms with Gasteiger partial charge < -0.3 is 9.64 Å². The minimum Gasteiger partial charge on any atom is -0.374 e. The highest BCUT2D eigenvalue weighted by atomic mass is 35.5. The molecule has 0 unspecified atom stereocenters. The molecule has 0 radical (unpaired) electrons. The molecule has 0 amide bonds. The van der Waals surface area contributed by atoms with Gasteiger partial charge in [0.25, 0.3) is 10.2 Å². The predicted molar refractivity (Wildman–Crippen MR) is 87.2 cm³/mol. The van der Waals surface area contributed by atoms with Gasteiger partial charge in [0.05, 0.1) is 18.8 Å². The molecule has 0 bridgehead atoms. The second-order valence-electron chi connectivity index (χ2n) is 5.61. The van der Waals surface area contributed by atoms with E-state index >= 15 is 0 Å². The van der Waals surface area contributed by atoms with E-state index in [4.69, 9.17) is 16.3 Å². The van der Waals surface area contributed by atoms with Gasteiger partial charge in [-0.05, 0) is 24.7 Å². The number of nitrogens with zero attached hydrogens (tertiary/aromatic N) is 2. The molecule has 1 aliphatic heterocycles. The highest BCUT2D eigenvalue weighted by Crippen LogP contribution is 2.24. The first-order valence-electron chi connectivity index (χ1n) is 7.05. The molecular weight excluding hydrogens is 326 g/mol. The highest BCUT2D eigenvalue weighted by molar-refractivity contribution is 7.87. The van der Waals surface area contributed by atoms with Crippen molar-refractivity contribution in [3.05, 3.63) is 34.9 Å². The SMILES string of the molecule is CN1CCO[C@H]([C@@H](NS(=O)(=O)N(C)C)c2ccc(Cl)cc2)C1. The van der Waals surface area contributed by atoms with Gasteiger partial charge in [0.2, 0.25) is 0 Å². The van der Waals surface area contributed by atoms with Crippen molar-refractivity contribution in [2.24, 2.45) is 0 Å². The number of hydrogen-bond donors (Lipinski definition) is 1. The molecule has 2 rings (SSSR count). The summed E-state index contributed by atoms with van der Waals surface area (Å²) in [5.74, 6) is 0. The number of ether oxygens (including phenoxy) is 1. The number of halogens is 1. The van der Waals surface area contributed by atoms with E-state index in [-0.39, 0.29) is 6.10 Å². The third-order valence-electron chi connectivity index (χ3n) is 3.65. The first-order chi connectivity index (χ1) is 10.3. The molecule has 1 fully saturated rings. The zero-order valence-corrected chi connectivity index (χ0v) is 14.6. The molecule has 1 aliphatic rings. The van der Waals surface area contributed by atoms with E-state index in [2.05, 4.69) is 9.62 Å². The molecule has 0 aromatic heterocycles. The van der Waals surface area contributed by atoms with Gasteiger partial charge in [0, 0.05) is 32.2 Å². The Bertz CT molecular complexity index is 592. The van der Waals surface area contributed by atoms with Crippen molar-refractivity contribution in [2.45, 2.75) is 12.1 Å². The number of morpholine rings is 1. The molecule has 0 saturated carbocycles. The lowest BCUT2D eigenvalue weighted by Crippen LogP contribution is -2.49. The normalized spacial score (nSPS) is 22.0. The minimum atomic E-state index is -3.57. The van der Waals surface area contributed by atoms with Crippen molar-refractivity contribution < 1.29 is 13.2 Å². The quantitative estimate of drug-likeness (QED) is 0.866. The summed E-state index contributed by atoms with van der Waals surface area (Å²) in [5, 5.41) is 0.611. The smallest absolute Gasteiger partial charge is 0.279 e. The number of rotatable bonds is 5. The third kappa shape index (κ3) is 4.41. The molecule has 0 aliphatic carbocycles. The Labute approximate surface area is 137 Å². The zero-order chi connectivity index (χ0) is 16.3. The van der Waals surface area contributed by atoms with Crippen molar-refractivity contribution in [3.8, 4) is 0 Å². The number of nitrogens with one attached hydrogen (secondary N) is 1. The van der Waals surface area contributed by atoms with Crippen LogP contribution in [0.15, 0.2) is 24.3 Å². The molecule has 2 atom stereocenters. The second-order valence-corrected chi connectivity index (χ2v) is 7.96. The van der Waals surface area contributed by atoms with E-state index in [0.29, 0.717) is 18.2 Å². The fraction of sp³-hybridized carbons (Fsp3) is 0.571. The molecule has 1 saturated heterocycles. The van der Waals surface area contributed by atoms with Crippen LogP contribution in [0.5, 0.6) is 0 Å². The highest BCUT2D eigenvalue weighted by Gasteiger charge is 2.32. The van der Waals surface area contributed by atoms with Crippen molar-refractivity contribution in [1.29, 1.82) is 0 Å². The van der Waals surface area contributed by atoms with Crippen molar-refractivity contribution >= 4 is 21.8 Å². The van der Waals surface area contributed by atoms with Crippen LogP contribution in [0.1, 0.15) is 11.6 Å². The van der Waals surface area contributed by atoms with Gasteiger partial charge in [-0.25, -0.2) is 0 Å². The summed E-state index contributed by atoms with van der Waals surface area (Å²) in [6, 6.07) is 6.68. The van der Waals surface area contributed by atoms with Gasteiger partial charge in [-0.15, -0.1) is 0 Å². The topological polar surface area (TPSA) is 61.9 Å². The van der Waals surface area contributed by atoms with E-state index in [1.807, 2.05) is 19.2 Å². The van der Waals surface area contributed by atoms with Crippen molar-refractivity contribution in [2.75, 3.05) is 40.8 Å². The summed E-state index contributed by atoms with van der Waals surface area (Å²) in [7, 11) is 1.41. The molecule has 22 heavy (non-hydrogen) atoms. The van der Waals surface area contributed by atoms with Crippen LogP contribution < -0.4 is 4.72 Å². The number of benzene rings is 1. The maximum atomic E-state index is 12.2. The molecule has 124 valence electrons. The molecule has 1 heterocycles. The first kappa shape index (κ1) is 17.7. The number of likely N-dealkylation sites (N-methyl/N-ethyl adjacent to an activating group) is 1. The van der Waals surface area contributed by atoms with Crippen LogP contribution in [-0.4, -0.2) is 64.6 Å². The summed E-state index contributed by atoms with van der Waals surface area (Å²) >= 11 is 5.92. The van der Waals surface area contributed by atoms with Crippen LogP contribution in [0.4, 0.5) is 0 Å². The molecule has 1 N–H and O–H groups in total. The Morgan fingerprint density at radius 2 is 2.00 bits per heavy atom. The number of hydrogen-bond acceptors (Lipinski definition) is 4. The Hall–Kier alpha value is -0.700. The lowest BCUT2D eigenvalue weighted by atomic mass is 10.0. The van der Waals surface area contributed by atoms with Gasteiger partial charge in [0.1, 0.15) is 0 Å². The largest absolute Gasteiger partial charge is 0.374 e. The zero-order valence-electron chi connectivity index (χ0n) is 13.0. The van der Waals surface area contributed by atoms with E-state index in [1.54, 1.807) is 12.1 Å². The van der Waals surface area contributed by atoms with E-state index in [1.165, 1.54) is 14.1 Å². The van der Waals surface area contributed by atoms with Gasteiger partial charge >= 0.3 is 0 Å². The summed E-state index contributed by atoms with van der Waals surface area (Å²) in [6.07, 6.45) is -0.255. The van der Waals surface area contributed by atoms with Crippen LogP contribution in [0, 0.1) is 0 Å². The monoisotopic (exact) mass is 347 g/mol. The molecule has 1 aromatic carbocycles. The Kier molecular flexibility index (Phi) is 5.81. The summed E-state index contributed by atoms with van der Waals surface area (Å²) in [4.78, 5) is 2.13. The fourth-order valence-electron chi connectivity index (χ4n) is 2.31. The summed E-state index contributed by atoms with van der Waals surface area (Å²) in [5.41, 5.74) is 0.829. The predicted octanol–water partition coefficient (Wildman–Crippen LogP) is 1.11. The van der Waals surface area contributed by atoms with Gasteiger partial charge in [-0.2, -0.15) is 17.4 Å². The molecule has 1 aromatic rings. The first-order valence-corrected chi connectivity index (χ1v) is 8.87. The molecular formula is C14H22ClN3O3S. The average Bonchev–Trinajstić information content (AvgIpc) is 2.46. The Balaban J connectivity index is 2.29. The van der Waals surface area contributed by atoms with Crippen LogP contribution in [0.3, 0.4) is 0 Å².